The Morgan fingerprint density at radius 2 is 1.97 bits per heavy atom. The molecule has 0 aliphatic carbocycles. The minimum atomic E-state index is -0.437. The van der Waals surface area contributed by atoms with Crippen LogP contribution in [0.15, 0.2) is 48.8 Å². The van der Waals surface area contributed by atoms with Crippen LogP contribution in [0.1, 0.15) is 28.6 Å². The van der Waals surface area contributed by atoms with Crippen molar-refractivity contribution >= 4 is 29.1 Å². The van der Waals surface area contributed by atoms with E-state index in [1.54, 1.807) is 26.1 Å². The van der Waals surface area contributed by atoms with E-state index < -0.39 is 5.82 Å². The number of aryl methyl sites for hydroxylation is 1. The summed E-state index contributed by atoms with van der Waals surface area (Å²) in [5.41, 5.74) is 3.65. The number of nitrogens with zero attached hydrogens (tertiary/aromatic N) is 5. The van der Waals surface area contributed by atoms with Crippen LogP contribution in [0.5, 0.6) is 0 Å². The predicted octanol–water partition coefficient (Wildman–Crippen LogP) is 4.61. The van der Waals surface area contributed by atoms with E-state index in [1.807, 2.05) is 24.3 Å². The van der Waals surface area contributed by atoms with E-state index in [9.17, 15) is 4.39 Å². The van der Waals surface area contributed by atoms with Crippen LogP contribution in [0.3, 0.4) is 0 Å². The second-order valence-corrected chi connectivity index (χ2v) is 8.08. The summed E-state index contributed by atoms with van der Waals surface area (Å²) in [7, 11) is 1.80. The monoisotopic (exact) mass is 465 g/mol. The summed E-state index contributed by atoms with van der Waals surface area (Å²) in [5, 5.41) is 11.0. The van der Waals surface area contributed by atoms with Gasteiger partial charge in [-0.25, -0.2) is 19.0 Å². The Morgan fingerprint density at radius 3 is 2.67 bits per heavy atom. The number of fused-ring (bicyclic) bond motifs is 1. The van der Waals surface area contributed by atoms with Gasteiger partial charge in [-0.05, 0) is 42.8 Å². The van der Waals surface area contributed by atoms with Gasteiger partial charge < -0.3 is 15.4 Å². The molecule has 4 aromatic rings. The van der Waals surface area contributed by atoms with Crippen LogP contribution < -0.4 is 10.6 Å². The molecule has 0 bridgehead atoms. The van der Waals surface area contributed by atoms with Crippen molar-refractivity contribution in [3.63, 3.8) is 0 Å². The Balaban J connectivity index is 1.49. The van der Waals surface area contributed by atoms with Crippen LogP contribution in [-0.2, 0) is 11.3 Å². The van der Waals surface area contributed by atoms with Crippen molar-refractivity contribution in [2.75, 3.05) is 24.3 Å². The molecule has 0 fully saturated rings. The molecule has 0 radical (unpaired) electrons. The van der Waals surface area contributed by atoms with E-state index in [4.69, 9.17) is 21.3 Å². The number of ether oxygens (including phenoxy) is 1. The van der Waals surface area contributed by atoms with Gasteiger partial charge in [0.25, 0.3) is 0 Å². The fourth-order valence-electron chi connectivity index (χ4n) is 3.92. The van der Waals surface area contributed by atoms with Crippen LogP contribution in [-0.4, -0.2) is 38.4 Å². The number of aromatic nitrogens is 5. The van der Waals surface area contributed by atoms with Gasteiger partial charge in [-0.15, -0.1) is 0 Å². The Bertz CT molecular complexity index is 1310. The summed E-state index contributed by atoms with van der Waals surface area (Å²) in [6, 6.07) is 12.4. The molecule has 2 aromatic carbocycles. The first kappa shape index (κ1) is 21.3. The first-order valence-corrected chi connectivity index (χ1v) is 10.8. The Kier molecular flexibility index (Phi) is 5.65. The number of halogens is 2. The van der Waals surface area contributed by atoms with Gasteiger partial charge in [0.05, 0.1) is 24.8 Å². The molecule has 1 aliphatic heterocycles. The highest BCUT2D eigenvalue weighted by Crippen LogP contribution is 2.35. The molecule has 3 heterocycles. The summed E-state index contributed by atoms with van der Waals surface area (Å²) < 4.78 is 22.1. The number of hydrogen-bond acceptors (Lipinski definition) is 7. The summed E-state index contributed by atoms with van der Waals surface area (Å²) in [6.45, 7) is 2.67. The lowest BCUT2D eigenvalue weighted by Gasteiger charge is -2.27. The van der Waals surface area contributed by atoms with E-state index in [0.29, 0.717) is 47.2 Å². The van der Waals surface area contributed by atoms with Gasteiger partial charge in [-0.1, -0.05) is 23.7 Å². The van der Waals surface area contributed by atoms with E-state index in [0.717, 1.165) is 16.8 Å². The van der Waals surface area contributed by atoms with Gasteiger partial charge in [0, 0.05) is 23.3 Å². The number of rotatable bonds is 5. The zero-order chi connectivity index (χ0) is 22.9. The molecule has 0 saturated carbocycles. The van der Waals surface area contributed by atoms with Crippen molar-refractivity contribution in [1.82, 2.24) is 24.7 Å². The molecule has 33 heavy (non-hydrogen) atoms. The number of nitrogens with one attached hydrogen (secondary N) is 2. The van der Waals surface area contributed by atoms with E-state index in [-0.39, 0.29) is 5.92 Å². The molecule has 2 aromatic heterocycles. The summed E-state index contributed by atoms with van der Waals surface area (Å²) in [5.74, 6) is 1.12. The number of anilines is 3. The van der Waals surface area contributed by atoms with Crippen molar-refractivity contribution in [3.05, 3.63) is 82.3 Å². The fourth-order valence-corrected chi connectivity index (χ4v) is 4.05. The third-order valence-corrected chi connectivity index (χ3v) is 5.81. The maximum Gasteiger partial charge on any atom is 0.229 e. The van der Waals surface area contributed by atoms with Gasteiger partial charge in [0.1, 0.15) is 23.7 Å². The SMILES string of the molecule is CNc1nc(Nc2ccc(-n3ncnc3C)c(F)c2)nc2c1COCC2c1ccc(Cl)cc1. The van der Waals surface area contributed by atoms with Crippen molar-refractivity contribution in [1.29, 1.82) is 0 Å². The molecule has 2 N–H and O–H groups in total. The maximum atomic E-state index is 14.8. The van der Waals surface area contributed by atoms with Gasteiger partial charge in [-0.2, -0.15) is 10.1 Å². The van der Waals surface area contributed by atoms with Crippen LogP contribution in [0, 0.1) is 12.7 Å². The predicted molar refractivity (Wildman–Crippen MR) is 124 cm³/mol. The molecule has 1 aliphatic rings. The quantitative estimate of drug-likeness (QED) is 0.445. The molecule has 8 nitrogen and oxygen atoms in total. The Labute approximate surface area is 194 Å². The van der Waals surface area contributed by atoms with E-state index >= 15 is 0 Å². The number of hydrogen-bond donors (Lipinski definition) is 2. The second kappa shape index (κ2) is 8.76. The molecule has 1 unspecified atom stereocenters. The van der Waals surface area contributed by atoms with Gasteiger partial charge in [0.15, 0.2) is 5.82 Å². The van der Waals surface area contributed by atoms with Crippen molar-refractivity contribution < 1.29 is 9.13 Å². The van der Waals surface area contributed by atoms with Gasteiger partial charge in [-0.3, -0.25) is 0 Å². The lowest BCUT2D eigenvalue weighted by atomic mass is 9.91. The standard InChI is InChI=1S/C23H21ClFN7O/c1-13-27-12-28-32(13)20-8-7-16(9-19(20)25)29-23-30-21-17(14-3-5-15(24)6-4-14)10-33-11-18(21)22(26-2)31-23/h3-9,12,17H,10-11H2,1-2H3,(H2,26,29,30,31). The zero-order valence-electron chi connectivity index (χ0n) is 18.0. The van der Waals surface area contributed by atoms with E-state index in [2.05, 4.69) is 25.7 Å². The third-order valence-electron chi connectivity index (χ3n) is 5.56. The van der Waals surface area contributed by atoms with Crippen LogP contribution in [0.2, 0.25) is 5.02 Å². The molecular formula is C23H21ClFN7O. The average molecular weight is 466 g/mol. The van der Waals surface area contributed by atoms with Crippen molar-refractivity contribution in [2.45, 2.75) is 19.4 Å². The molecular weight excluding hydrogens is 445 g/mol. The second-order valence-electron chi connectivity index (χ2n) is 7.64. The van der Waals surface area contributed by atoms with Crippen molar-refractivity contribution in [2.24, 2.45) is 0 Å². The molecule has 0 saturated heterocycles. The van der Waals surface area contributed by atoms with Gasteiger partial charge in [0.2, 0.25) is 5.95 Å². The Hall–Kier alpha value is -3.56. The number of benzene rings is 2. The molecule has 5 rings (SSSR count). The lowest BCUT2D eigenvalue weighted by molar-refractivity contribution is 0.0979. The smallest absolute Gasteiger partial charge is 0.229 e. The summed E-state index contributed by atoms with van der Waals surface area (Å²) in [6.07, 6.45) is 1.39. The first-order chi connectivity index (χ1) is 16.0. The highest BCUT2D eigenvalue weighted by Gasteiger charge is 2.28. The maximum absolute atomic E-state index is 14.8. The average Bonchev–Trinajstić information content (AvgIpc) is 3.24. The highest BCUT2D eigenvalue weighted by atomic mass is 35.5. The minimum Gasteiger partial charge on any atom is -0.376 e. The molecule has 10 heteroatoms. The molecule has 0 spiro atoms. The van der Waals surface area contributed by atoms with Crippen LogP contribution in [0.25, 0.3) is 5.69 Å². The molecule has 1 atom stereocenters. The van der Waals surface area contributed by atoms with Crippen LogP contribution >= 0.6 is 11.6 Å². The topological polar surface area (TPSA) is 89.8 Å². The van der Waals surface area contributed by atoms with Crippen molar-refractivity contribution in [3.8, 4) is 5.69 Å². The summed E-state index contributed by atoms with van der Waals surface area (Å²) in [4.78, 5) is 13.4. The van der Waals surface area contributed by atoms with Crippen LogP contribution in [0.4, 0.5) is 21.8 Å². The molecule has 168 valence electrons. The first-order valence-electron chi connectivity index (χ1n) is 10.4. The summed E-state index contributed by atoms with van der Waals surface area (Å²) >= 11 is 6.06. The lowest BCUT2D eigenvalue weighted by Crippen LogP contribution is -2.22. The minimum absolute atomic E-state index is 0.0731. The third kappa shape index (κ3) is 4.12. The largest absolute Gasteiger partial charge is 0.376 e. The normalized spacial score (nSPS) is 15.2. The molecule has 0 amide bonds. The highest BCUT2D eigenvalue weighted by molar-refractivity contribution is 6.30. The zero-order valence-corrected chi connectivity index (χ0v) is 18.8. The fraction of sp³-hybridized carbons (Fsp3) is 0.217. The van der Waals surface area contributed by atoms with E-state index in [1.165, 1.54) is 17.1 Å². The Morgan fingerprint density at radius 1 is 1.15 bits per heavy atom. The van der Waals surface area contributed by atoms with Gasteiger partial charge >= 0.3 is 0 Å².